The number of nitrogens with one attached hydrogen (secondary N) is 1. The van der Waals surface area contributed by atoms with E-state index in [1.165, 1.54) is 5.69 Å². The van der Waals surface area contributed by atoms with Crippen LogP contribution in [0.25, 0.3) is 0 Å². The van der Waals surface area contributed by atoms with E-state index in [1.807, 2.05) is 11.8 Å². The van der Waals surface area contributed by atoms with Gasteiger partial charge in [0.25, 0.3) is 0 Å². The van der Waals surface area contributed by atoms with Gasteiger partial charge in [0.05, 0.1) is 17.9 Å². The number of rotatable bonds is 3. The number of hydrogen-bond acceptors (Lipinski definition) is 4. The summed E-state index contributed by atoms with van der Waals surface area (Å²) in [5.41, 5.74) is 2.31. The molecule has 0 saturated carbocycles. The van der Waals surface area contributed by atoms with Crippen molar-refractivity contribution in [3.63, 3.8) is 0 Å². The molecule has 1 aromatic rings. The van der Waals surface area contributed by atoms with Crippen molar-refractivity contribution >= 4 is 28.3 Å². The van der Waals surface area contributed by atoms with Crippen LogP contribution in [0.3, 0.4) is 0 Å². The van der Waals surface area contributed by atoms with Crippen LogP contribution in [0.15, 0.2) is 29.3 Å². The summed E-state index contributed by atoms with van der Waals surface area (Å²) in [5.74, 6) is 0.669. The van der Waals surface area contributed by atoms with Crippen molar-refractivity contribution in [2.75, 3.05) is 30.9 Å². The highest BCUT2D eigenvalue weighted by Crippen LogP contribution is 2.30. The molecule has 0 amide bonds. The summed E-state index contributed by atoms with van der Waals surface area (Å²) in [6.07, 6.45) is 0. The number of nitrogens with zero attached hydrogens (tertiary/aromatic N) is 2. The van der Waals surface area contributed by atoms with Gasteiger partial charge in [-0.25, -0.2) is 0 Å². The first-order valence-corrected chi connectivity index (χ1v) is 7.20. The zero-order chi connectivity index (χ0) is 13.1. The van der Waals surface area contributed by atoms with Crippen LogP contribution in [0, 0.1) is 5.92 Å². The summed E-state index contributed by atoms with van der Waals surface area (Å²) in [6.45, 7) is 5.43. The molecule has 1 aromatic carbocycles. The van der Waals surface area contributed by atoms with Gasteiger partial charge in [-0.1, -0.05) is 37.7 Å². The molecule has 0 saturated heterocycles. The van der Waals surface area contributed by atoms with E-state index in [0.29, 0.717) is 11.2 Å². The first kappa shape index (κ1) is 13.3. The van der Waals surface area contributed by atoms with Gasteiger partial charge in [0.15, 0.2) is 5.17 Å². The summed E-state index contributed by atoms with van der Waals surface area (Å²) >= 11 is 1.85. The molecule has 98 valence electrons. The Bertz CT molecular complexity index is 440. The summed E-state index contributed by atoms with van der Waals surface area (Å²) in [4.78, 5) is 6.70. The Balaban J connectivity index is 2.07. The summed E-state index contributed by atoms with van der Waals surface area (Å²) < 4.78 is 0. The Kier molecular flexibility index (Phi) is 4.17. The van der Waals surface area contributed by atoms with Crippen LogP contribution >= 0.6 is 11.8 Å². The Morgan fingerprint density at radius 2 is 2.06 bits per heavy atom. The molecule has 18 heavy (non-hydrogen) atoms. The molecule has 1 atom stereocenters. The Labute approximate surface area is 114 Å². The predicted molar refractivity (Wildman–Crippen MR) is 82.9 cm³/mol. The summed E-state index contributed by atoms with van der Waals surface area (Å²) in [6, 6.07) is 8.32. The van der Waals surface area contributed by atoms with Crippen molar-refractivity contribution in [3.8, 4) is 0 Å². The molecule has 2 rings (SSSR count). The number of anilines is 2. The zero-order valence-corrected chi connectivity index (χ0v) is 12.3. The minimum atomic E-state index is 0.610. The first-order valence-electron chi connectivity index (χ1n) is 6.32. The highest BCUT2D eigenvalue weighted by molar-refractivity contribution is 8.15. The number of thioether (sulfide) groups is 1. The van der Waals surface area contributed by atoms with Crippen molar-refractivity contribution in [2.24, 2.45) is 10.9 Å². The molecule has 4 heteroatoms. The van der Waals surface area contributed by atoms with Crippen molar-refractivity contribution in [2.45, 2.75) is 19.1 Å². The summed E-state index contributed by atoms with van der Waals surface area (Å²) in [5, 5.41) is 5.10. The van der Waals surface area contributed by atoms with E-state index in [-0.39, 0.29) is 0 Å². The van der Waals surface area contributed by atoms with Crippen LogP contribution in [0.4, 0.5) is 11.4 Å². The van der Waals surface area contributed by atoms with Gasteiger partial charge in [0.1, 0.15) is 0 Å². The smallest absolute Gasteiger partial charge is 0.161 e. The van der Waals surface area contributed by atoms with Gasteiger partial charge in [0.2, 0.25) is 0 Å². The third-order valence-electron chi connectivity index (χ3n) is 3.05. The van der Waals surface area contributed by atoms with E-state index in [9.17, 15) is 0 Å². The molecule has 1 aliphatic rings. The highest BCUT2D eigenvalue weighted by Gasteiger charge is 2.22. The quantitative estimate of drug-likeness (QED) is 0.907. The van der Waals surface area contributed by atoms with E-state index in [1.54, 1.807) is 0 Å². The predicted octanol–water partition coefficient (Wildman–Crippen LogP) is 3.29. The monoisotopic (exact) mass is 263 g/mol. The van der Waals surface area contributed by atoms with E-state index in [4.69, 9.17) is 0 Å². The number of hydrogen-bond donors (Lipinski definition) is 1. The van der Waals surface area contributed by atoms with Gasteiger partial charge in [-0.05, 0) is 18.1 Å². The summed E-state index contributed by atoms with van der Waals surface area (Å²) in [7, 11) is 4.11. The van der Waals surface area contributed by atoms with E-state index >= 15 is 0 Å². The second kappa shape index (κ2) is 5.65. The van der Waals surface area contributed by atoms with Gasteiger partial charge in [-0.15, -0.1) is 0 Å². The second-order valence-corrected chi connectivity index (χ2v) is 6.31. The van der Waals surface area contributed by atoms with Crippen molar-refractivity contribution in [3.05, 3.63) is 24.3 Å². The Morgan fingerprint density at radius 1 is 1.33 bits per heavy atom. The van der Waals surface area contributed by atoms with E-state index in [2.05, 4.69) is 67.4 Å². The molecule has 0 aliphatic carbocycles. The van der Waals surface area contributed by atoms with Crippen LogP contribution in [-0.4, -0.2) is 31.1 Å². The lowest BCUT2D eigenvalue weighted by Crippen LogP contribution is -2.15. The fourth-order valence-electron chi connectivity index (χ4n) is 1.89. The van der Waals surface area contributed by atoms with E-state index < -0.39 is 0 Å². The number of para-hydroxylation sites is 2. The topological polar surface area (TPSA) is 27.6 Å². The minimum absolute atomic E-state index is 0.610. The second-order valence-electron chi connectivity index (χ2n) is 5.08. The zero-order valence-electron chi connectivity index (χ0n) is 11.5. The maximum atomic E-state index is 4.58. The van der Waals surface area contributed by atoms with Crippen LogP contribution in [0.1, 0.15) is 13.8 Å². The van der Waals surface area contributed by atoms with Crippen LogP contribution in [-0.2, 0) is 0 Å². The molecule has 1 aliphatic heterocycles. The maximum Gasteiger partial charge on any atom is 0.161 e. The van der Waals surface area contributed by atoms with Gasteiger partial charge < -0.3 is 10.2 Å². The normalized spacial score (nSPS) is 18.9. The van der Waals surface area contributed by atoms with Gasteiger partial charge >= 0.3 is 0 Å². The number of benzene rings is 1. The van der Waals surface area contributed by atoms with Crippen molar-refractivity contribution in [1.29, 1.82) is 0 Å². The first-order chi connectivity index (χ1) is 8.58. The lowest BCUT2D eigenvalue weighted by atomic mass is 10.1. The maximum absolute atomic E-state index is 4.58. The van der Waals surface area contributed by atoms with Crippen LogP contribution in [0.5, 0.6) is 0 Å². The van der Waals surface area contributed by atoms with Gasteiger partial charge in [0, 0.05) is 19.3 Å². The third-order valence-corrected chi connectivity index (χ3v) is 4.50. The fourth-order valence-corrected chi connectivity index (χ4v) is 2.92. The number of aliphatic imine (C=N–C) groups is 1. The molecule has 0 radical (unpaired) electrons. The molecule has 0 spiro atoms. The third kappa shape index (κ3) is 2.99. The molecule has 0 aromatic heterocycles. The Morgan fingerprint density at radius 3 is 2.67 bits per heavy atom. The molecular formula is C14H21N3S. The molecule has 0 fully saturated rings. The van der Waals surface area contributed by atoms with Gasteiger partial charge in [-0.2, -0.15) is 0 Å². The molecule has 1 unspecified atom stereocenters. The van der Waals surface area contributed by atoms with Gasteiger partial charge in [-0.3, -0.25) is 4.99 Å². The van der Waals surface area contributed by atoms with Crippen LogP contribution < -0.4 is 10.2 Å². The molecule has 1 N–H and O–H groups in total. The lowest BCUT2D eigenvalue weighted by Gasteiger charge is -2.18. The SMILES string of the molecule is CC(C)C1CN=C(Nc2ccccc2N(C)C)S1. The standard InChI is InChI=1S/C14H21N3S/c1-10(2)13-9-15-14(18-13)16-11-7-5-6-8-12(11)17(3)4/h5-8,10,13H,9H2,1-4H3,(H,15,16). The van der Waals surface area contributed by atoms with Crippen LogP contribution in [0.2, 0.25) is 0 Å². The molecule has 1 heterocycles. The average molecular weight is 263 g/mol. The van der Waals surface area contributed by atoms with Crippen molar-refractivity contribution < 1.29 is 0 Å². The molecular weight excluding hydrogens is 242 g/mol. The van der Waals surface area contributed by atoms with E-state index in [0.717, 1.165) is 17.4 Å². The average Bonchev–Trinajstić information content (AvgIpc) is 2.78. The minimum Gasteiger partial charge on any atom is -0.376 e. The molecule has 0 bridgehead atoms. The Hall–Kier alpha value is -1.16. The number of amidine groups is 1. The molecule has 3 nitrogen and oxygen atoms in total. The fraction of sp³-hybridized carbons (Fsp3) is 0.500. The lowest BCUT2D eigenvalue weighted by molar-refractivity contribution is 0.621. The highest BCUT2D eigenvalue weighted by atomic mass is 32.2. The van der Waals surface area contributed by atoms with Crippen molar-refractivity contribution in [1.82, 2.24) is 0 Å². The largest absolute Gasteiger partial charge is 0.376 e.